The first-order valence-electron chi connectivity index (χ1n) is 5.96. The molecule has 0 bridgehead atoms. The Hall–Kier alpha value is -1.55. The monoisotopic (exact) mass is 233 g/mol. The van der Waals surface area contributed by atoms with Crippen molar-refractivity contribution < 1.29 is 4.79 Å². The smallest absolute Gasteiger partial charge is 0.231 e. The Bertz CT molecular complexity index is 431. The predicted molar refractivity (Wildman–Crippen MR) is 70.3 cm³/mol. The van der Waals surface area contributed by atoms with Gasteiger partial charge in [-0.15, -0.1) is 0 Å². The molecule has 1 atom stereocenters. The Balaban J connectivity index is 2.25. The molecule has 1 aromatic carbocycles. The quantitative estimate of drug-likeness (QED) is 0.822. The van der Waals surface area contributed by atoms with Gasteiger partial charge in [0.05, 0.1) is 6.42 Å². The van der Waals surface area contributed by atoms with Gasteiger partial charge in [-0.3, -0.25) is 4.79 Å². The van der Waals surface area contributed by atoms with Crippen LogP contribution in [0.3, 0.4) is 0 Å². The fourth-order valence-electron chi connectivity index (χ4n) is 2.13. The largest absolute Gasteiger partial charge is 0.388 e. The molecule has 1 aromatic rings. The average Bonchev–Trinajstić information content (AvgIpc) is 2.64. The molecule has 0 saturated heterocycles. The van der Waals surface area contributed by atoms with Gasteiger partial charge in [0.25, 0.3) is 0 Å². The second-order valence-electron chi connectivity index (χ2n) is 4.62. The van der Waals surface area contributed by atoms with E-state index in [1.165, 1.54) is 0 Å². The van der Waals surface area contributed by atoms with Crippen molar-refractivity contribution in [3.05, 3.63) is 23.8 Å². The average molecular weight is 233 g/mol. The summed E-state index contributed by atoms with van der Waals surface area (Å²) in [6.07, 6.45) is 0.502. The number of hydrogen-bond acceptors (Lipinski definition) is 3. The topological polar surface area (TPSA) is 58.4 Å². The number of hydrogen-bond donors (Lipinski definition) is 2. The van der Waals surface area contributed by atoms with Crippen molar-refractivity contribution in [2.45, 2.75) is 13.3 Å². The van der Waals surface area contributed by atoms with Crippen LogP contribution in [-0.4, -0.2) is 26.0 Å². The van der Waals surface area contributed by atoms with E-state index in [2.05, 4.69) is 12.2 Å². The summed E-state index contributed by atoms with van der Waals surface area (Å²) in [4.78, 5) is 13.8. The maximum atomic E-state index is 11.9. The summed E-state index contributed by atoms with van der Waals surface area (Å²) in [6.45, 7) is 3.38. The Morgan fingerprint density at radius 2 is 2.29 bits per heavy atom. The lowest BCUT2D eigenvalue weighted by atomic mass is 10.1. The first-order valence-corrected chi connectivity index (χ1v) is 5.96. The summed E-state index contributed by atoms with van der Waals surface area (Å²) in [6, 6.07) is 6.05. The lowest BCUT2D eigenvalue weighted by Crippen LogP contribution is -2.33. The van der Waals surface area contributed by atoms with Crippen molar-refractivity contribution in [1.29, 1.82) is 0 Å². The minimum Gasteiger partial charge on any atom is -0.388 e. The highest BCUT2D eigenvalue weighted by Crippen LogP contribution is 2.31. The van der Waals surface area contributed by atoms with E-state index >= 15 is 0 Å². The molecule has 4 nitrogen and oxygen atoms in total. The van der Waals surface area contributed by atoms with Gasteiger partial charge in [0, 0.05) is 25.0 Å². The van der Waals surface area contributed by atoms with Crippen LogP contribution in [0.1, 0.15) is 12.5 Å². The standard InChI is InChI=1S/C13H19N3O/c1-9(7-14)8-16-12-4-3-11(15-2)5-10(12)6-13(16)17/h3-5,9,15H,6-8,14H2,1-2H3. The van der Waals surface area contributed by atoms with Crippen LogP contribution in [0.2, 0.25) is 0 Å². The van der Waals surface area contributed by atoms with Gasteiger partial charge in [-0.2, -0.15) is 0 Å². The molecule has 0 aromatic heterocycles. The van der Waals surface area contributed by atoms with E-state index in [4.69, 9.17) is 5.73 Å². The maximum absolute atomic E-state index is 11.9. The zero-order valence-corrected chi connectivity index (χ0v) is 10.4. The zero-order valence-electron chi connectivity index (χ0n) is 10.4. The molecule has 1 unspecified atom stereocenters. The summed E-state index contributed by atoms with van der Waals surface area (Å²) < 4.78 is 0. The van der Waals surface area contributed by atoms with Crippen LogP contribution in [0, 0.1) is 5.92 Å². The van der Waals surface area contributed by atoms with Crippen LogP contribution in [-0.2, 0) is 11.2 Å². The Morgan fingerprint density at radius 1 is 1.53 bits per heavy atom. The lowest BCUT2D eigenvalue weighted by Gasteiger charge is -2.21. The molecule has 0 aliphatic carbocycles. The maximum Gasteiger partial charge on any atom is 0.231 e. The molecule has 92 valence electrons. The van der Waals surface area contributed by atoms with Gasteiger partial charge < -0.3 is 16.0 Å². The predicted octanol–water partition coefficient (Wildman–Crippen LogP) is 1.21. The highest BCUT2D eigenvalue weighted by Gasteiger charge is 2.27. The number of nitrogens with two attached hydrogens (primary N) is 1. The van der Waals surface area contributed by atoms with Gasteiger partial charge in [0.2, 0.25) is 5.91 Å². The highest BCUT2D eigenvalue weighted by molar-refractivity contribution is 6.01. The SMILES string of the molecule is CNc1ccc2c(c1)CC(=O)N2CC(C)CN. The fourth-order valence-corrected chi connectivity index (χ4v) is 2.13. The summed E-state index contributed by atoms with van der Waals surface area (Å²) in [7, 11) is 1.88. The molecular weight excluding hydrogens is 214 g/mol. The molecular formula is C13H19N3O. The molecule has 3 N–H and O–H groups in total. The number of fused-ring (bicyclic) bond motifs is 1. The van der Waals surface area contributed by atoms with Crippen LogP contribution < -0.4 is 16.0 Å². The number of amides is 1. The van der Waals surface area contributed by atoms with Gasteiger partial charge in [-0.25, -0.2) is 0 Å². The van der Waals surface area contributed by atoms with E-state index in [0.717, 1.165) is 16.9 Å². The lowest BCUT2D eigenvalue weighted by molar-refractivity contribution is -0.117. The van der Waals surface area contributed by atoms with Crippen LogP contribution >= 0.6 is 0 Å². The molecule has 2 rings (SSSR count). The van der Waals surface area contributed by atoms with Crippen molar-refractivity contribution >= 4 is 17.3 Å². The molecule has 17 heavy (non-hydrogen) atoms. The minimum absolute atomic E-state index is 0.175. The van der Waals surface area contributed by atoms with E-state index in [-0.39, 0.29) is 5.91 Å². The molecule has 1 heterocycles. The summed E-state index contributed by atoms with van der Waals surface area (Å²) in [5.41, 5.74) is 8.80. The summed E-state index contributed by atoms with van der Waals surface area (Å²) >= 11 is 0. The fraction of sp³-hybridized carbons (Fsp3) is 0.462. The van der Waals surface area contributed by atoms with Gasteiger partial charge in [0.15, 0.2) is 0 Å². The second-order valence-corrected chi connectivity index (χ2v) is 4.62. The van der Waals surface area contributed by atoms with Gasteiger partial charge in [-0.05, 0) is 36.2 Å². The van der Waals surface area contributed by atoms with Gasteiger partial charge in [0.1, 0.15) is 0 Å². The van der Waals surface area contributed by atoms with Crippen LogP contribution in [0.4, 0.5) is 11.4 Å². The highest BCUT2D eigenvalue weighted by atomic mass is 16.2. The van der Waals surface area contributed by atoms with Crippen molar-refractivity contribution in [3.63, 3.8) is 0 Å². The third-order valence-corrected chi connectivity index (χ3v) is 3.20. The normalized spacial score (nSPS) is 15.9. The third-order valence-electron chi connectivity index (χ3n) is 3.20. The first-order chi connectivity index (χ1) is 8.15. The van der Waals surface area contributed by atoms with Gasteiger partial charge >= 0.3 is 0 Å². The van der Waals surface area contributed by atoms with Crippen molar-refractivity contribution in [3.8, 4) is 0 Å². The van der Waals surface area contributed by atoms with E-state index in [1.807, 2.05) is 30.1 Å². The number of benzene rings is 1. The molecule has 1 amide bonds. The Labute approximate surface area is 102 Å². The first kappa shape index (κ1) is 11.9. The molecule has 0 saturated carbocycles. The second kappa shape index (κ2) is 4.75. The molecule has 0 radical (unpaired) electrons. The number of carbonyl (C=O) groups excluding carboxylic acids is 1. The number of rotatable bonds is 4. The number of anilines is 2. The van der Waals surface area contributed by atoms with Crippen LogP contribution in [0.25, 0.3) is 0 Å². The number of carbonyl (C=O) groups is 1. The molecule has 4 heteroatoms. The van der Waals surface area contributed by atoms with Crippen LogP contribution in [0.5, 0.6) is 0 Å². The zero-order chi connectivity index (χ0) is 12.4. The van der Waals surface area contributed by atoms with Crippen molar-refractivity contribution in [1.82, 2.24) is 0 Å². The molecule has 1 aliphatic heterocycles. The molecule has 0 spiro atoms. The van der Waals surface area contributed by atoms with Crippen LogP contribution in [0.15, 0.2) is 18.2 Å². The Morgan fingerprint density at radius 3 is 2.94 bits per heavy atom. The van der Waals surface area contributed by atoms with E-state index in [0.29, 0.717) is 25.4 Å². The molecule has 0 fully saturated rings. The number of nitrogens with one attached hydrogen (secondary N) is 1. The minimum atomic E-state index is 0.175. The summed E-state index contributed by atoms with van der Waals surface area (Å²) in [5.74, 6) is 0.502. The summed E-state index contributed by atoms with van der Waals surface area (Å²) in [5, 5.41) is 3.09. The Kier molecular flexibility index (Phi) is 3.33. The van der Waals surface area contributed by atoms with Crippen molar-refractivity contribution in [2.24, 2.45) is 11.7 Å². The van der Waals surface area contributed by atoms with Gasteiger partial charge in [-0.1, -0.05) is 6.92 Å². The van der Waals surface area contributed by atoms with E-state index in [9.17, 15) is 4.79 Å². The van der Waals surface area contributed by atoms with E-state index < -0.39 is 0 Å². The third kappa shape index (κ3) is 2.26. The van der Waals surface area contributed by atoms with E-state index in [1.54, 1.807) is 0 Å². The number of nitrogens with zero attached hydrogens (tertiary/aromatic N) is 1. The molecule has 1 aliphatic rings. The van der Waals surface area contributed by atoms with Crippen molar-refractivity contribution in [2.75, 3.05) is 30.4 Å².